The molecule has 1 N–H and O–H groups in total. The van der Waals surface area contributed by atoms with Crippen molar-refractivity contribution in [1.82, 2.24) is 5.32 Å². The minimum Gasteiger partial charge on any atom is -0.350 e. The fourth-order valence-electron chi connectivity index (χ4n) is 2.05. The monoisotopic (exact) mass is 315 g/mol. The summed E-state index contributed by atoms with van der Waals surface area (Å²) in [5.41, 5.74) is 0.869. The third-order valence-electron chi connectivity index (χ3n) is 3.28. The molecule has 0 unspecified atom stereocenters. The summed E-state index contributed by atoms with van der Waals surface area (Å²) in [5.74, 6) is 0.0530. The second-order valence-electron chi connectivity index (χ2n) is 4.58. The highest BCUT2D eigenvalue weighted by Crippen LogP contribution is 2.33. The lowest BCUT2D eigenvalue weighted by molar-refractivity contribution is -0.123. The molecule has 0 aromatic heterocycles. The van der Waals surface area contributed by atoms with Crippen LogP contribution in [0.4, 0.5) is 0 Å². The summed E-state index contributed by atoms with van der Waals surface area (Å²) in [7, 11) is 0. The lowest BCUT2D eigenvalue weighted by Gasteiger charge is -2.41. The number of carbonyl (C=O) groups excluding carboxylic acids is 1. The number of halogens is 2. The van der Waals surface area contributed by atoms with Crippen LogP contribution in [0.5, 0.6) is 0 Å². The number of rotatable bonds is 4. The van der Waals surface area contributed by atoms with Crippen LogP contribution >= 0.6 is 27.5 Å². The average molecular weight is 317 g/mol. The van der Waals surface area contributed by atoms with E-state index in [4.69, 9.17) is 11.6 Å². The number of benzene rings is 1. The normalized spacial score (nSPS) is 17.3. The molecule has 0 radical (unpaired) electrons. The number of alkyl halides is 1. The van der Waals surface area contributed by atoms with Crippen molar-refractivity contribution in [2.45, 2.75) is 31.2 Å². The van der Waals surface area contributed by atoms with Gasteiger partial charge in [0, 0.05) is 15.9 Å². The van der Waals surface area contributed by atoms with E-state index >= 15 is 0 Å². The summed E-state index contributed by atoms with van der Waals surface area (Å²) in [5, 5.41) is 4.60. The van der Waals surface area contributed by atoms with Crippen molar-refractivity contribution in [3.05, 3.63) is 34.9 Å². The standard InChI is InChI=1S/C13H15BrClNO/c14-9-13(6-3-7-13)16-12(17)8-10-4-1-2-5-11(10)15/h1-2,4-5H,3,6-9H2,(H,16,17). The molecule has 2 rings (SSSR count). The fraction of sp³-hybridized carbons (Fsp3) is 0.462. The van der Waals surface area contributed by atoms with Crippen LogP contribution in [0.1, 0.15) is 24.8 Å². The van der Waals surface area contributed by atoms with Crippen LogP contribution in [-0.4, -0.2) is 16.8 Å². The molecule has 1 aromatic rings. The highest BCUT2D eigenvalue weighted by Gasteiger charge is 2.37. The Morgan fingerprint density at radius 2 is 2.12 bits per heavy atom. The zero-order chi connectivity index (χ0) is 12.3. The predicted molar refractivity (Wildman–Crippen MR) is 73.7 cm³/mol. The first kappa shape index (κ1) is 12.9. The first-order chi connectivity index (χ1) is 8.15. The van der Waals surface area contributed by atoms with E-state index in [2.05, 4.69) is 21.2 Å². The molecule has 1 aliphatic rings. The van der Waals surface area contributed by atoms with Crippen molar-refractivity contribution in [1.29, 1.82) is 0 Å². The van der Waals surface area contributed by atoms with E-state index in [1.165, 1.54) is 6.42 Å². The number of amides is 1. The van der Waals surface area contributed by atoms with Crippen LogP contribution in [0, 0.1) is 0 Å². The van der Waals surface area contributed by atoms with Crippen LogP contribution in [0.3, 0.4) is 0 Å². The van der Waals surface area contributed by atoms with Gasteiger partial charge in [-0.1, -0.05) is 45.7 Å². The topological polar surface area (TPSA) is 29.1 Å². The summed E-state index contributed by atoms with van der Waals surface area (Å²) in [6, 6.07) is 7.48. The molecule has 1 fully saturated rings. The third-order valence-corrected chi connectivity index (χ3v) is 4.72. The van der Waals surface area contributed by atoms with Gasteiger partial charge < -0.3 is 5.32 Å². The van der Waals surface area contributed by atoms with Gasteiger partial charge in [0.25, 0.3) is 0 Å². The quantitative estimate of drug-likeness (QED) is 0.848. The van der Waals surface area contributed by atoms with Crippen LogP contribution in [-0.2, 0) is 11.2 Å². The smallest absolute Gasteiger partial charge is 0.224 e. The molecule has 1 saturated carbocycles. The molecule has 0 aliphatic heterocycles. The van der Waals surface area contributed by atoms with Gasteiger partial charge in [0.15, 0.2) is 0 Å². The maximum Gasteiger partial charge on any atom is 0.224 e. The first-order valence-electron chi connectivity index (χ1n) is 5.76. The fourth-order valence-corrected chi connectivity index (χ4v) is 2.95. The molecule has 92 valence electrons. The predicted octanol–water partition coefficient (Wildman–Crippen LogP) is 3.32. The van der Waals surface area contributed by atoms with E-state index in [1.807, 2.05) is 24.3 Å². The Morgan fingerprint density at radius 1 is 1.41 bits per heavy atom. The molecule has 0 spiro atoms. The number of carbonyl (C=O) groups is 1. The maximum absolute atomic E-state index is 11.9. The minimum atomic E-state index is -0.0155. The summed E-state index contributed by atoms with van der Waals surface area (Å²) in [6.45, 7) is 0. The van der Waals surface area contributed by atoms with Gasteiger partial charge in [0.1, 0.15) is 0 Å². The van der Waals surface area contributed by atoms with Crippen molar-refractivity contribution in [2.75, 3.05) is 5.33 Å². The van der Waals surface area contributed by atoms with E-state index in [-0.39, 0.29) is 11.4 Å². The highest BCUT2D eigenvalue weighted by atomic mass is 79.9. The molecule has 0 bridgehead atoms. The summed E-state index contributed by atoms with van der Waals surface area (Å²) in [6.07, 6.45) is 3.67. The second-order valence-corrected chi connectivity index (χ2v) is 5.55. The Balaban J connectivity index is 1.96. The molecular weight excluding hydrogens is 302 g/mol. The molecular formula is C13H15BrClNO. The van der Waals surface area contributed by atoms with Crippen molar-refractivity contribution in [3.8, 4) is 0 Å². The van der Waals surface area contributed by atoms with Gasteiger partial charge >= 0.3 is 0 Å². The molecule has 1 aromatic carbocycles. The molecule has 0 atom stereocenters. The number of hydrogen-bond acceptors (Lipinski definition) is 1. The molecule has 17 heavy (non-hydrogen) atoms. The van der Waals surface area contributed by atoms with Crippen molar-refractivity contribution < 1.29 is 4.79 Å². The maximum atomic E-state index is 11.9. The Kier molecular flexibility index (Phi) is 4.10. The Labute approximate surface area is 115 Å². The van der Waals surface area contributed by atoms with Gasteiger partial charge in [-0.2, -0.15) is 0 Å². The van der Waals surface area contributed by atoms with Crippen LogP contribution in [0.25, 0.3) is 0 Å². The minimum absolute atomic E-state index is 0.0155. The van der Waals surface area contributed by atoms with Gasteiger partial charge in [-0.05, 0) is 30.9 Å². The molecule has 0 heterocycles. The molecule has 4 heteroatoms. The van der Waals surface area contributed by atoms with Gasteiger partial charge in [0.05, 0.1) is 6.42 Å². The molecule has 1 amide bonds. The molecule has 2 nitrogen and oxygen atoms in total. The lowest BCUT2D eigenvalue weighted by atomic mass is 9.78. The summed E-state index contributed by atoms with van der Waals surface area (Å²) in [4.78, 5) is 11.9. The average Bonchev–Trinajstić information content (AvgIpc) is 2.27. The second kappa shape index (κ2) is 5.40. The van der Waals surface area contributed by atoms with Crippen molar-refractivity contribution >= 4 is 33.4 Å². The Bertz CT molecular complexity index is 412. The highest BCUT2D eigenvalue weighted by molar-refractivity contribution is 9.09. The zero-order valence-electron chi connectivity index (χ0n) is 9.51. The zero-order valence-corrected chi connectivity index (χ0v) is 11.9. The Hall–Kier alpha value is -0.540. The largest absolute Gasteiger partial charge is 0.350 e. The van der Waals surface area contributed by atoms with E-state index in [9.17, 15) is 4.79 Å². The van der Waals surface area contributed by atoms with E-state index in [0.717, 1.165) is 23.7 Å². The first-order valence-corrected chi connectivity index (χ1v) is 7.25. The van der Waals surface area contributed by atoms with Gasteiger partial charge in [-0.15, -0.1) is 0 Å². The summed E-state index contributed by atoms with van der Waals surface area (Å²) < 4.78 is 0. The number of hydrogen-bond donors (Lipinski definition) is 1. The SMILES string of the molecule is O=C(Cc1ccccc1Cl)NC1(CBr)CCC1. The third kappa shape index (κ3) is 3.02. The lowest BCUT2D eigenvalue weighted by Crippen LogP contribution is -2.55. The van der Waals surface area contributed by atoms with Gasteiger partial charge in [-0.3, -0.25) is 4.79 Å². The molecule has 1 aliphatic carbocycles. The summed E-state index contributed by atoms with van der Waals surface area (Å²) >= 11 is 9.50. The number of nitrogens with one attached hydrogen (secondary N) is 1. The van der Waals surface area contributed by atoms with Crippen LogP contribution in [0.2, 0.25) is 5.02 Å². The molecule has 0 saturated heterocycles. The van der Waals surface area contributed by atoms with Crippen molar-refractivity contribution in [2.24, 2.45) is 0 Å². The van der Waals surface area contributed by atoms with E-state index < -0.39 is 0 Å². The van der Waals surface area contributed by atoms with Gasteiger partial charge in [0.2, 0.25) is 5.91 Å². The Morgan fingerprint density at radius 3 is 2.65 bits per heavy atom. The van der Waals surface area contributed by atoms with E-state index in [0.29, 0.717) is 11.4 Å². The van der Waals surface area contributed by atoms with Crippen LogP contribution in [0.15, 0.2) is 24.3 Å². The van der Waals surface area contributed by atoms with E-state index in [1.54, 1.807) is 0 Å². The van der Waals surface area contributed by atoms with Crippen molar-refractivity contribution in [3.63, 3.8) is 0 Å². The van der Waals surface area contributed by atoms with Gasteiger partial charge in [-0.25, -0.2) is 0 Å². The van der Waals surface area contributed by atoms with Crippen LogP contribution < -0.4 is 5.32 Å².